The van der Waals surface area contributed by atoms with E-state index in [1.54, 1.807) is 12.2 Å². The molecule has 0 saturated heterocycles. The summed E-state index contributed by atoms with van der Waals surface area (Å²) in [5.41, 5.74) is -0.253. The minimum absolute atomic E-state index is 0.173. The van der Waals surface area contributed by atoms with Crippen LogP contribution in [-0.2, 0) is 9.53 Å². The van der Waals surface area contributed by atoms with Crippen LogP contribution in [0.15, 0.2) is 24.3 Å². The van der Waals surface area contributed by atoms with Gasteiger partial charge >= 0.3 is 5.97 Å². The highest BCUT2D eigenvalue weighted by molar-refractivity contribution is 5.85. The molecule has 4 nitrogen and oxygen atoms in total. The standard InChI is InChI=1S/C25H36O4/c1-4-24(27)12-11-22(2)17(14-24)5-6-20-19(22)7-9-23(3)18(8-10-25(20,23)28)16-13-21(26)29-15-16/h4,13,17-20,27-28H,1,5-12,14-15H2,2-3H3/t17-,18-,19+,20-,22+,23-,24+,25+/m1/s1. The predicted octanol–water partition coefficient (Wildman–Crippen LogP) is 4.16. The van der Waals surface area contributed by atoms with Gasteiger partial charge in [-0.2, -0.15) is 0 Å². The Bertz CT molecular complexity index is 773. The van der Waals surface area contributed by atoms with Crippen molar-refractivity contribution in [3.63, 3.8) is 0 Å². The Hall–Kier alpha value is -1.13. The lowest BCUT2D eigenvalue weighted by Crippen LogP contribution is -2.63. The quantitative estimate of drug-likeness (QED) is 0.539. The molecule has 0 aromatic heterocycles. The Morgan fingerprint density at radius 3 is 2.55 bits per heavy atom. The van der Waals surface area contributed by atoms with Crippen molar-refractivity contribution < 1.29 is 19.7 Å². The molecule has 160 valence electrons. The van der Waals surface area contributed by atoms with E-state index in [0.29, 0.717) is 24.4 Å². The van der Waals surface area contributed by atoms with Crippen molar-refractivity contribution >= 4 is 5.97 Å². The minimum atomic E-state index is -0.711. The maximum absolute atomic E-state index is 12.2. The van der Waals surface area contributed by atoms with Crippen molar-refractivity contribution in [3.05, 3.63) is 24.3 Å². The molecule has 0 spiro atoms. The second-order valence-corrected chi connectivity index (χ2v) is 11.3. The molecule has 0 unspecified atom stereocenters. The first kappa shape index (κ1) is 19.8. The summed E-state index contributed by atoms with van der Waals surface area (Å²) < 4.78 is 5.21. The van der Waals surface area contributed by atoms with Gasteiger partial charge in [0.05, 0.1) is 11.2 Å². The molecule has 0 bridgehead atoms. The van der Waals surface area contributed by atoms with Gasteiger partial charge in [0, 0.05) is 11.5 Å². The summed E-state index contributed by atoms with van der Waals surface area (Å²) >= 11 is 0. The molecule has 1 aliphatic heterocycles. The lowest BCUT2D eigenvalue weighted by atomic mass is 9.42. The average Bonchev–Trinajstić information content (AvgIpc) is 3.23. The van der Waals surface area contributed by atoms with Gasteiger partial charge < -0.3 is 14.9 Å². The van der Waals surface area contributed by atoms with Gasteiger partial charge in [-0.05, 0) is 92.4 Å². The van der Waals surface area contributed by atoms with E-state index in [2.05, 4.69) is 20.4 Å². The van der Waals surface area contributed by atoms with Crippen LogP contribution >= 0.6 is 0 Å². The van der Waals surface area contributed by atoms with Crippen LogP contribution in [0.4, 0.5) is 0 Å². The molecule has 4 saturated carbocycles. The van der Waals surface area contributed by atoms with E-state index in [1.807, 2.05) is 0 Å². The normalized spacial score (nSPS) is 54.1. The van der Waals surface area contributed by atoms with Gasteiger partial charge in [-0.25, -0.2) is 4.79 Å². The molecule has 0 radical (unpaired) electrons. The SMILES string of the molecule is C=C[C@]1(O)CC[C@@]2(C)[C@H](CC[C@@H]3[C@@H]2CC[C@]2(C)[C@@H](C4=CC(=O)OC4)CC[C@]32O)C1. The molecule has 4 heteroatoms. The number of hydrogen-bond donors (Lipinski definition) is 2. The predicted molar refractivity (Wildman–Crippen MR) is 111 cm³/mol. The van der Waals surface area contributed by atoms with Crippen molar-refractivity contribution in [3.8, 4) is 0 Å². The second-order valence-electron chi connectivity index (χ2n) is 11.3. The number of rotatable bonds is 2. The smallest absolute Gasteiger partial charge is 0.331 e. The molecule has 0 aromatic rings. The molecule has 2 N–H and O–H groups in total. The van der Waals surface area contributed by atoms with Crippen LogP contribution in [-0.4, -0.2) is 34.0 Å². The molecule has 0 amide bonds. The summed E-state index contributed by atoms with van der Waals surface area (Å²) in [5.74, 6) is 1.37. The topological polar surface area (TPSA) is 66.8 Å². The van der Waals surface area contributed by atoms with E-state index in [-0.39, 0.29) is 22.7 Å². The fraction of sp³-hybridized carbons (Fsp3) is 0.800. The number of cyclic esters (lactones) is 1. The number of fused-ring (bicyclic) bond motifs is 5. The van der Waals surface area contributed by atoms with E-state index < -0.39 is 11.2 Å². The third kappa shape index (κ3) is 2.54. The van der Waals surface area contributed by atoms with Crippen LogP contribution in [0.3, 0.4) is 0 Å². The lowest BCUT2D eigenvalue weighted by Gasteiger charge is -2.64. The molecule has 4 aliphatic carbocycles. The highest BCUT2D eigenvalue weighted by Crippen LogP contribution is 2.70. The van der Waals surface area contributed by atoms with Crippen molar-refractivity contribution in [2.45, 2.75) is 82.8 Å². The molecule has 29 heavy (non-hydrogen) atoms. The van der Waals surface area contributed by atoms with Crippen LogP contribution in [0.2, 0.25) is 0 Å². The molecule has 5 rings (SSSR count). The Balaban J connectivity index is 1.45. The maximum atomic E-state index is 12.2. The maximum Gasteiger partial charge on any atom is 0.331 e. The van der Waals surface area contributed by atoms with Gasteiger partial charge in [0.25, 0.3) is 0 Å². The lowest BCUT2D eigenvalue weighted by molar-refractivity contribution is -0.211. The Morgan fingerprint density at radius 1 is 1.07 bits per heavy atom. The zero-order valence-corrected chi connectivity index (χ0v) is 18.0. The van der Waals surface area contributed by atoms with Crippen LogP contribution < -0.4 is 0 Å². The van der Waals surface area contributed by atoms with Crippen molar-refractivity contribution in [1.29, 1.82) is 0 Å². The zero-order chi connectivity index (χ0) is 20.7. The number of esters is 1. The third-order valence-corrected chi connectivity index (χ3v) is 10.5. The number of carbonyl (C=O) groups is 1. The average molecular weight is 401 g/mol. The van der Waals surface area contributed by atoms with Gasteiger partial charge in [-0.15, -0.1) is 6.58 Å². The number of hydrogen-bond acceptors (Lipinski definition) is 4. The van der Waals surface area contributed by atoms with Crippen LogP contribution in [0.25, 0.3) is 0 Å². The van der Waals surface area contributed by atoms with Gasteiger partial charge in [0.1, 0.15) is 6.61 Å². The molecular formula is C25H36O4. The summed E-state index contributed by atoms with van der Waals surface area (Å²) in [6.07, 6.45) is 12.1. The first-order valence-electron chi connectivity index (χ1n) is 11.6. The number of aliphatic hydroxyl groups is 2. The van der Waals surface area contributed by atoms with Crippen molar-refractivity contribution in [2.75, 3.05) is 6.61 Å². The molecule has 0 aromatic carbocycles. The van der Waals surface area contributed by atoms with Gasteiger partial charge in [-0.3, -0.25) is 0 Å². The van der Waals surface area contributed by atoms with E-state index in [9.17, 15) is 15.0 Å². The second kappa shape index (κ2) is 6.20. The highest BCUT2D eigenvalue weighted by Gasteiger charge is 2.68. The zero-order valence-electron chi connectivity index (χ0n) is 18.0. The summed E-state index contributed by atoms with van der Waals surface area (Å²) in [5, 5.41) is 23.0. The Morgan fingerprint density at radius 2 is 1.86 bits per heavy atom. The van der Waals surface area contributed by atoms with E-state index in [0.717, 1.165) is 63.4 Å². The molecular weight excluding hydrogens is 364 g/mol. The number of carbonyl (C=O) groups excluding carboxylic acids is 1. The van der Waals surface area contributed by atoms with Crippen LogP contribution in [0.5, 0.6) is 0 Å². The first-order valence-corrected chi connectivity index (χ1v) is 11.6. The summed E-state index contributed by atoms with van der Waals surface area (Å²) in [7, 11) is 0. The Kier molecular flexibility index (Phi) is 4.23. The fourth-order valence-electron chi connectivity index (χ4n) is 8.61. The van der Waals surface area contributed by atoms with Gasteiger partial charge in [0.15, 0.2) is 0 Å². The number of ether oxygens (including phenoxy) is 1. The summed E-state index contributed by atoms with van der Waals surface area (Å²) in [4.78, 5) is 11.7. The van der Waals surface area contributed by atoms with Crippen LogP contribution in [0.1, 0.15) is 71.6 Å². The van der Waals surface area contributed by atoms with E-state index in [4.69, 9.17) is 4.74 Å². The highest BCUT2D eigenvalue weighted by atomic mass is 16.5. The Labute approximate surface area is 174 Å². The van der Waals surface area contributed by atoms with Gasteiger partial charge in [0.2, 0.25) is 0 Å². The van der Waals surface area contributed by atoms with Crippen LogP contribution in [0, 0.1) is 34.5 Å². The summed E-state index contributed by atoms with van der Waals surface area (Å²) in [6.45, 7) is 9.00. The molecule has 1 heterocycles. The largest absolute Gasteiger partial charge is 0.458 e. The van der Waals surface area contributed by atoms with Crippen molar-refractivity contribution in [1.82, 2.24) is 0 Å². The first-order chi connectivity index (χ1) is 13.7. The molecule has 4 fully saturated rings. The summed E-state index contributed by atoms with van der Waals surface area (Å²) in [6, 6.07) is 0. The minimum Gasteiger partial charge on any atom is -0.458 e. The van der Waals surface area contributed by atoms with Gasteiger partial charge in [-0.1, -0.05) is 19.9 Å². The van der Waals surface area contributed by atoms with Crippen molar-refractivity contribution in [2.24, 2.45) is 34.5 Å². The van der Waals surface area contributed by atoms with E-state index in [1.165, 1.54) is 0 Å². The molecule has 8 atom stereocenters. The van der Waals surface area contributed by atoms with E-state index >= 15 is 0 Å². The fourth-order valence-corrected chi connectivity index (χ4v) is 8.61. The monoisotopic (exact) mass is 400 g/mol. The third-order valence-electron chi connectivity index (χ3n) is 10.5. The molecule has 5 aliphatic rings.